The van der Waals surface area contributed by atoms with Crippen molar-refractivity contribution >= 4 is 26.2 Å². The first-order valence-electron chi connectivity index (χ1n) is 10.3. The molecule has 1 aromatic heterocycles. The molecule has 0 amide bonds. The molecule has 1 unspecified atom stereocenters. The molecule has 3 rings (SSSR count). The highest BCUT2D eigenvalue weighted by molar-refractivity contribution is 14.1. The minimum absolute atomic E-state index is 0.618. The van der Waals surface area contributed by atoms with Gasteiger partial charge in [-0.2, -0.15) is 0 Å². The Hall–Kier alpha value is -2.27. The van der Waals surface area contributed by atoms with E-state index in [1.54, 1.807) is 6.92 Å². The van der Waals surface area contributed by atoms with Crippen LogP contribution >= 0.6 is 22.6 Å². The zero-order chi connectivity index (χ0) is 21.3. The SMILES string of the molecule is C=CCc1ccc(-c2ccc(-c3ccc(C(I)=CCCCC(C)F)cn3)cc2)cc1. The van der Waals surface area contributed by atoms with Gasteiger partial charge >= 0.3 is 0 Å². The van der Waals surface area contributed by atoms with Gasteiger partial charge in [0.05, 0.1) is 11.9 Å². The molecule has 0 saturated heterocycles. The second kappa shape index (κ2) is 11.2. The summed E-state index contributed by atoms with van der Waals surface area (Å²) >= 11 is 2.33. The number of rotatable bonds is 9. The number of unbranched alkanes of at least 4 members (excludes halogenated alkanes) is 1. The summed E-state index contributed by atoms with van der Waals surface area (Å²) in [7, 11) is 0. The van der Waals surface area contributed by atoms with Crippen molar-refractivity contribution in [3.8, 4) is 22.4 Å². The molecule has 1 nitrogen and oxygen atoms in total. The smallest absolute Gasteiger partial charge is 0.0973 e. The van der Waals surface area contributed by atoms with E-state index in [1.807, 2.05) is 12.3 Å². The van der Waals surface area contributed by atoms with Gasteiger partial charge in [-0.05, 0) is 78.0 Å². The molecule has 1 heterocycles. The molecule has 0 aliphatic rings. The van der Waals surface area contributed by atoms with Crippen LogP contribution in [0.3, 0.4) is 0 Å². The van der Waals surface area contributed by atoms with Crippen molar-refractivity contribution in [3.63, 3.8) is 0 Å². The molecule has 1 atom stereocenters. The van der Waals surface area contributed by atoms with Crippen molar-refractivity contribution in [1.82, 2.24) is 4.98 Å². The van der Waals surface area contributed by atoms with Crippen molar-refractivity contribution in [2.24, 2.45) is 0 Å². The van der Waals surface area contributed by atoms with E-state index >= 15 is 0 Å². The molecule has 0 radical (unpaired) electrons. The lowest BCUT2D eigenvalue weighted by atomic mass is 10.0. The van der Waals surface area contributed by atoms with Crippen LogP contribution in [0.4, 0.5) is 4.39 Å². The monoisotopic (exact) mass is 511 g/mol. The van der Waals surface area contributed by atoms with E-state index in [2.05, 4.69) is 101 Å². The average Bonchev–Trinajstić information content (AvgIpc) is 2.77. The summed E-state index contributed by atoms with van der Waals surface area (Å²) in [5.41, 5.74) is 6.84. The average molecular weight is 511 g/mol. The summed E-state index contributed by atoms with van der Waals surface area (Å²) in [6.07, 6.45) is 8.56. The summed E-state index contributed by atoms with van der Waals surface area (Å²) in [5.74, 6) is 0. The second-order valence-corrected chi connectivity index (χ2v) is 8.63. The summed E-state index contributed by atoms with van der Waals surface area (Å²) in [5, 5.41) is 0. The van der Waals surface area contributed by atoms with Gasteiger partial charge in [0.15, 0.2) is 0 Å². The molecule has 0 aliphatic carbocycles. The maximum Gasteiger partial charge on any atom is 0.0973 e. The highest BCUT2D eigenvalue weighted by Crippen LogP contribution is 2.27. The third kappa shape index (κ3) is 6.36. The van der Waals surface area contributed by atoms with Crippen LogP contribution in [-0.4, -0.2) is 11.2 Å². The zero-order valence-corrected chi connectivity index (χ0v) is 19.5. The quantitative estimate of drug-likeness (QED) is 0.160. The van der Waals surface area contributed by atoms with Crippen LogP contribution in [0, 0.1) is 0 Å². The number of halogens is 2. The fourth-order valence-corrected chi connectivity index (χ4v) is 3.92. The van der Waals surface area contributed by atoms with E-state index in [-0.39, 0.29) is 0 Å². The van der Waals surface area contributed by atoms with E-state index in [4.69, 9.17) is 0 Å². The molecular formula is C27H27FIN. The molecule has 3 aromatic rings. The van der Waals surface area contributed by atoms with Crippen molar-refractivity contribution < 1.29 is 4.39 Å². The standard InChI is InChI=1S/C27H27FIN/c1-3-6-21-9-11-22(12-10-21)23-13-15-24(16-14-23)27-18-17-25(19-30-27)26(29)8-5-4-7-20(2)28/h3,8-20H,1,4-7H2,2H3. The minimum Gasteiger partial charge on any atom is -0.256 e. The van der Waals surface area contributed by atoms with Gasteiger partial charge in [-0.15, -0.1) is 6.58 Å². The molecule has 0 fully saturated rings. The Kier molecular flexibility index (Phi) is 8.38. The normalized spacial score (nSPS) is 12.6. The Morgan fingerprint density at radius 3 is 2.20 bits per heavy atom. The first-order chi connectivity index (χ1) is 14.6. The molecule has 0 aliphatic heterocycles. The number of hydrogen-bond donors (Lipinski definition) is 0. The van der Waals surface area contributed by atoms with Gasteiger partial charge in [-0.1, -0.05) is 66.7 Å². The van der Waals surface area contributed by atoms with E-state index < -0.39 is 6.17 Å². The van der Waals surface area contributed by atoms with Gasteiger partial charge in [-0.25, -0.2) is 4.39 Å². The maximum absolute atomic E-state index is 12.9. The second-order valence-electron chi connectivity index (χ2n) is 7.46. The number of benzene rings is 2. The highest BCUT2D eigenvalue weighted by Gasteiger charge is 2.04. The van der Waals surface area contributed by atoms with E-state index in [0.29, 0.717) is 6.42 Å². The van der Waals surface area contributed by atoms with Crippen molar-refractivity contribution in [2.75, 3.05) is 0 Å². The summed E-state index contributed by atoms with van der Waals surface area (Å²) in [4.78, 5) is 4.65. The lowest BCUT2D eigenvalue weighted by Crippen LogP contribution is -1.90. The van der Waals surface area contributed by atoms with E-state index in [1.165, 1.54) is 16.7 Å². The predicted molar refractivity (Wildman–Crippen MR) is 135 cm³/mol. The Morgan fingerprint density at radius 1 is 1.00 bits per heavy atom. The number of pyridine rings is 1. The lowest BCUT2D eigenvalue weighted by Gasteiger charge is -2.07. The molecule has 0 saturated carbocycles. The van der Waals surface area contributed by atoms with Gasteiger partial charge in [0.2, 0.25) is 0 Å². The topological polar surface area (TPSA) is 12.9 Å². The maximum atomic E-state index is 12.9. The van der Waals surface area contributed by atoms with Gasteiger partial charge in [-0.3, -0.25) is 4.98 Å². The highest BCUT2D eigenvalue weighted by atomic mass is 127. The zero-order valence-electron chi connectivity index (χ0n) is 17.3. The molecule has 2 aromatic carbocycles. The van der Waals surface area contributed by atoms with Crippen LogP contribution in [0.15, 0.2) is 85.6 Å². The van der Waals surface area contributed by atoms with Gasteiger partial charge in [0.25, 0.3) is 0 Å². The fraction of sp³-hybridized carbons (Fsp3) is 0.222. The number of allylic oxidation sites excluding steroid dienone is 2. The fourth-order valence-electron chi connectivity index (χ4n) is 3.29. The van der Waals surface area contributed by atoms with E-state index in [9.17, 15) is 4.39 Å². The summed E-state index contributed by atoms with van der Waals surface area (Å²) in [6, 6.07) is 21.3. The molecule has 3 heteroatoms. The van der Waals surface area contributed by atoms with Gasteiger partial charge in [0.1, 0.15) is 0 Å². The largest absolute Gasteiger partial charge is 0.256 e. The Bertz CT molecular complexity index is 971. The van der Waals surface area contributed by atoms with Crippen LogP contribution in [0.2, 0.25) is 0 Å². The number of alkyl halides is 1. The summed E-state index contributed by atoms with van der Waals surface area (Å²) in [6.45, 7) is 5.41. The van der Waals surface area contributed by atoms with Gasteiger partial charge in [0, 0.05) is 20.9 Å². The first-order valence-corrected chi connectivity index (χ1v) is 11.4. The molecule has 0 bridgehead atoms. The minimum atomic E-state index is -0.722. The lowest BCUT2D eigenvalue weighted by molar-refractivity contribution is 0.335. The Balaban J connectivity index is 1.66. The predicted octanol–water partition coefficient (Wildman–Crippen LogP) is 8.45. The Labute approximate surface area is 192 Å². The third-order valence-corrected chi connectivity index (χ3v) is 6.08. The van der Waals surface area contributed by atoms with Crippen molar-refractivity contribution in [3.05, 3.63) is 96.7 Å². The van der Waals surface area contributed by atoms with Crippen LogP contribution in [0.1, 0.15) is 37.3 Å². The van der Waals surface area contributed by atoms with Crippen molar-refractivity contribution in [2.45, 2.75) is 38.8 Å². The van der Waals surface area contributed by atoms with Crippen LogP contribution in [0.25, 0.3) is 26.0 Å². The van der Waals surface area contributed by atoms with Crippen LogP contribution in [0.5, 0.6) is 0 Å². The van der Waals surface area contributed by atoms with Crippen molar-refractivity contribution in [1.29, 1.82) is 0 Å². The molecule has 30 heavy (non-hydrogen) atoms. The summed E-state index contributed by atoms with van der Waals surface area (Å²) < 4.78 is 14.0. The number of hydrogen-bond acceptors (Lipinski definition) is 1. The molecule has 154 valence electrons. The van der Waals surface area contributed by atoms with Crippen LogP contribution < -0.4 is 0 Å². The van der Waals surface area contributed by atoms with Crippen LogP contribution in [-0.2, 0) is 6.42 Å². The molecule has 0 spiro atoms. The number of nitrogens with zero attached hydrogens (tertiary/aromatic N) is 1. The Morgan fingerprint density at radius 2 is 1.63 bits per heavy atom. The molecule has 0 N–H and O–H groups in total. The third-order valence-electron chi connectivity index (χ3n) is 5.02. The van der Waals surface area contributed by atoms with E-state index in [0.717, 1.165) is 39.7 Å². The number of aromatic nitrogens is 1. The first kappa shape index (κ1) is 22.4. The van der Waals surface area contributed by atoms with Gasteiger partial charge < -0.3 is 0 Å². The molecular weight excluding hydrogens is 484 g/mol.